The molecule has 1 N–H and O–H groups in total. The quantitative estimate of drug-likeness (QED) is 0.537. The Bertz CT molecular complexity index is 1110. The van der Waals surface area contributed by atoms with Crippen molar-refractivity contribution in [3.8, 4) is 0 Å². The summed E-state index contributed by atoms with van der Waals surface area (Å²) >= 11 is 6.18. The second-order valence-corrected chi connectivity index (χ2v) is 6.26. The summed E-state index contributed by atoms with van der Waals surface area (Å²) in [5.41, 5.74) is 2.48. The number of pyridine rings is 1. The van der Waals surface area contributed by atoms with Gasteiger partial charge in [-0.2, -0.15) is 5.10 Å². The largest absolute Gasteiger partial charge is 0.307 e. The topological polar surface area (TPSA) is 64.2 Å². The Kier molecular flexibility index (Phi) is 4.72. The number of carbonyl (C=O) groups is 1. The third-order valence-corrected chi connectivity index (χ3v) is 4.34. The number of hydrogen-bond acceptors (Lipinski definition) is 3. The molecule has 0 saturated carbocycles. The highest BCUT2D eigenvalue weighted by molar-refractivity contribution is 6.31. The molecular formula is C20H16ClN5O. The first-order valence-corrected chi connectivity index (χ1v) is 8.76. The number of halogens is 1. The Labute approximate surface area is 160 Å². The van der Waals surface area contributed by atoms with E-state index in [2.05, 4.69) is 15.4 Å². The monoisotopic (exact) mass is 377 g/mol. The van der Waals surface area contributed by atoms with Gasteiger partial charge in [-0.25, -0.2) is 9.67 Å². The van der Waals surface area contributed by atoms with E-state index in [4.69, 9.17) is 11.6 Å². The van der Waals surface area contributed by atoms with Crippen LogP contribution >= 0.6 is 11.6 Å². The van der Waals surface area contributed by atoms with Crippen LogP contribution in [-0.4, -0.2) is 25.1 Å². The number of rotatable bonds is 5. The van der Waals surface area contributed by atoms with E-state index in [1.165, 1.54) is 6.08 Å². The zero-order valence-electron chi connectivity index (χ0n) is 14.3. The van der Waals surface area contributed by atoms with Gasteiger partial charge in [0.15, 0.2) is 5.15 Å². The second kappa shape index (κ2) is 7.47. The van der Waals surface area contributed by atoms with Crippen molar-refractivity contribution in [3.63, 3.8) is 0 Å². The van der Waals surface area contributed by atoms with Gasteiger partial charge in [-0.1, -0.05) is 48.0 Å². The molecule has 3 aromatic heterocycles. The number of amides is 1. The number of aromatic nitrogens is 4. The second-order valence-electron chi connectivity index (χ2n) is 5.90. The molecule has 0 radical (unpaired) electrons. The first-order chi connectivity index (χ1) is 13.2. The van der Waals surface area contributed by atoms with Crippen LogP contribution in [0.25, 0.3) is 11.7 Å². The Morgan fingerprint density at radius 1 is 1.11 bits per heavy atom. The Balaban J connectivity index is 1.49. The fourth-order valence-electron chi connectivity index (χ4n) is 2.78. The molecule has 0 spiro atoms. The van der Waals surface area contributed by atoms with E-state index in [-0.39, 0.29) is 5.91 Å². The van der Waals surface area contributed by atoms with Crippen LogP contribution in [0.15, 0.2) is 73.1 Å². The van der Waals surface area contributed by atoms with E-state index in [0.29, 0.717) is 23.2 Å². The summed E-state index contributed by atoms with van der Waals surface area (Å²) in [6.07, 6.45) is 6.59. The summed E-state index contributed by atoms with van der Waals surface area (Å²) in [5, 5.41) is 7.46. The summed E-state index contributed by atoms with van der Waals surface area (Å²) < 4.78 is 3.56. The number of hydrogen-bond donors (Lipinski definition) is 1. The molecule has 1 aromatic carbocycles. The lowest BCUT2D eigenvalue weighted by molar-refractivity contribution is -0.111. The molecule has 0 atom stereocenters. The lowest BCUT2D eigenvalue weighted by Crippen LogP contribution is -2.13. The van der Waals surface area contributed by atoms with Crippen molar-refractivity contribution < 1.29 is 4.79 Å². The molecule has 0 aliphatic carbocycles. The van der Waals surface area contributed by atoms with E-state index < -0.39 is 0 Å². The van der Waals surface area contributed by atoms with Crippen molar-refractivity contribution in [2.24, 2.45) is 0 Å². The number of anilines is 1. The molecule has 0 saturated heterocycles. The molecule has 4 aromatic rings. The van der Waals surface area contributed by atoms with Crippen LogP contribution < -0.4 is 5.32 Å². The number of carbonyl (C=O) groups excluding carboxylic acids is 1. The third-order valence-electron chi connectivity index (χ3n) is 4.06. The highest BCUT2D eigenvalue weighted by atomic mass is 35.5. The fraction of sp³-hybridized carbons (Fsp3) is 0.0500. The van der Waals surface area contributed by atoms with Gasteiger partial charge in [0.1, 0.15) is 11.5 Å². The van der Waals surface area contributed by atoms with E-state index in [1.54, 1.807) is 23.0 Å². The average Bonchev–Trinajstić information content (AvgIpc) is 3.24. The third kappa shape index (κ3) is 3.75. The molecule has 1 amide bonds. The minimum absolute atomic E-state index is 0.272. The van der Waals surface area contributed by atoms with Gasteiger partial charge in [-0.15, -0.1) is 0 Å². The summed E-state index contributed by atoms with van der Waals surface area (Å²) in [6.45, 7) is 0.576. The normalized spacial score (nSPS) is 11.3. The lowest BCUT2D eigenvalue weighted by Gasteiger charge is -2.07. The number of nitrogens with one attached hydrogen (secondary N) is 1. The van der Waals surface area contributed by atoms with Crippen LogP contribution in [0.2, 0.25) is 5.15 Å². The van der Waals surface area contributed by atoms with E-state index in [0.717, 1.165) is 11.2 Å². The Morgan fingerprint density at radius 2 is 1.93 bits per heavy atom. The summed E-state index contributed by atoms with van der Waals surface area (Å²) in [4.78, 5) is 16.6. The van der Waals surface area contributed by atoms with Crippen LogP contribution in [0.5, 0.6) is 0 Å². The number of nitrogens with zero attached hydrogens (tertiary/aromatic N) is 4. The van der Waals surface area contributed by atoms with Crippen molar-refractivity contribution in [2.45, 2.75) is 6.54 Å². The van der Waals surface area contributed by atoms with Crippen molar-refractivity contribution >= 4 is 35.0 Å². The Morgan fingerprint density at radius 3 is 2.78 bits per heavy atom. The van der Waals surface area contributed by atoms with Gasteiger partial charge in [0.25, 0.3) is 0 Å². The van der Waals surface area contributed by atoms with Gasteiger partial charge >= 0.3 is 0 Å². The minimum Gasteiger partial charge on any atom is -0.307 e. The standard InChI is InChI=1S/C20H16ClN5O/c21-20-16(25-13-5-4-8-17(25)24-20)9-10-19(27)23-18-11-12-22-26(18)14-15-6-2-1-3-7-15/h1-13H,14H2,(H,23,27)/b10-9+. The summed E-state index contributed by atoms with van der Waals surface area (Å²) in [6, 6.07) is 17.3. The van der Waals surface area contributed by atoms with Crippen LogP contribution in [0.1, 0.15) is 11.3 Å². The number of imidazole rings is 1. The Hall–Kier alpha value is -3.38. The predicted octanol–water partition coefficient (Wildman–Crippen LogP) is 3.88. The van der Waals surface area contributed by atoms with E-state index >= 15 is 0 Å². The average molecular weight is 378 g/mol. The molecule has 3 heterocycles. The van der Waals surface area contributed by atoms with Crippen molar-refractivity contribution in [1.82, 2.24) is 19.2 Å². The maximum atomic E-state index is 12.3. The first kappa shape index (κ1) is 17.1. The minimum atomic E-state index is -0.272. The maximum absolute atomic E-state index is 12.3. The van der Waals surface area contributed by atoms with Crippen LogP contribution in [-0.2, 0) is 11.3 Å². The fourth-order valence-corrected chi connectivity index (χ4v) is 3.02. The predicted molar refractivity (Wildman–Crippen MR) is 106 cm³/mol. The molecule has 0 aliphatic rings. The van der Waals surface area contributed by atoms with Crippen LogP contribution in [0, 0.1) is 0 Å². The van der Waals surface area contributed by atoms with E-state index in [1.807, 2.05) is 59.1 Å². The van der Waals surface area contributed by atoms with Gasteiger partial charge in [-0.3, -0.25) is 9.20 Å². The van der Waals surface area contributed by atoms with E-state index in [9.17, 15) is 4.79 Å². The van der Waals surface area contributed by atoms with Crippen LogP contribution in [0.4, 0.5) is 5.82 Å². The number of fused-ring (bicyclic) bond motifs is 1. The smallest absolute Gasteiger partial charge is 0.249 e. The highest BCUT2D eigenvalue weighted by Crippen LogP contribution is 2.19. The molecule has 6 nitrogen and oxygen atoms in total. The molecule has 0 unspecified atom stereocenters. The van der Waals surface area contributed by atoms with Gasteiger partial charge < -0.3 is 5.32 Å². The van der Waals surface area contributed by atoms with Gasteiger partial charge in [0, 0.05) is 18.3 Å². The molecule has 0 aliphatic heterocycles. The molecule has 4 rings (SSSR count). The SMILES string of the molecule is O=C(/C=C/c1c(Cl)nc2ccccn12)Nc1ccnn1Cc1ccccc1. The molecule has 134 valence electrons. The zero-order chi connectivity index (χ0) is 18.6. The maximum Gasteiger partial charge on any atom is 0.249 e. The van der Waals surface area contributed by atoms with Gasteiger partial charge in [0.05, 0.1) is 18.4 Å². The highest BCUT2D eigenvalue weighted by Gasteiger charge is 2.09. The molecule has 7 heteroatoms. The van der Waals surface area contributed by atoms with Crippen molar-refractivity contribution in [2.75, 3.05) is 5.32 Å². The number of benzene rings is 1. The zero-order valence-corrected chi connectivity index (χ0v) is 15.0. The summed E-state index contributed by atoms with van der Waals surface area (Å²) in [7, 11) is 0. The molecule has 27 heavy (non-hydrogen) atoms. The van der Waals surface area contributed by atoms with Gasteiger partial charge in [0.2, 0.25) is 5.91 Å². The first-order valence-electron chi connectivity index (χ1n) is 8.38. The molecule has 0 fully saturated rings. The van der Waals surface area contributed by atoms with Crippen molar-refractivity contribution in [3.05, 3.63) is 89.5 Å². The molecular weight excluding hydrogens is 362 g/mol. The van der Waals surface area contributed by atoms with Gasteiger partial charge in [-0.05, 0) is 23.8 Å². The lowest BCUT2D eigenvalue weighted by atomic mass is 10.2. The van der Waals surface area contributed by atoms with Crippen LogP contribution in [0.3, 0.4) is 0 Å². The molecule has 0 bridgehead atoms. The summed E-state index contributed by atoms with van der Waals surface area (Å²) in [5.74, 6) is 0.351. The van der Waals surface area contributed by atoms with Crippen molar-refractivity contribution in [1.29, 1.82) is 0 Å².